The van der Waals surface area contributed by atoms with E-state index in [1.165, 1.54) is 25.7 Å². The highest BCUT2D eigenvalue weighted by molar-refractivity contribution is 5.25. The number of nitrogens with one attached hydrogen (secondary N) is 1. The highest BCUT2D eigenvalue weighted by atomic mass is 16.5. The molecule has 2 rings (SSSR count). The van der Waals surface area contributed by atoms with Crippen LogP contribution < -0.4 is 5.32 Å². The van der Waals surface area contributed by atoms with Crippen molar-refractivity contribution >= 4 is 5.95 Å². The fraction of sp³-hybridized carbons (Fsp3) is 0.786. The first-order valence-electron chi connectivity index (χ1n) is 7.03. The normalized spacial score (nSPS) is 24.1. The summed E-state index contributed by atoms with van der Waals surface area (Å²) in [6.07, 6.45) is 9.32. The minimum atomic E-state index is 0.728. The van der Waals surface area contributed by atoms with Crippen LogP contribution in [0, 0.1) is 11.8 Å². The Kier molecular flexibility index (Phi) is 5.05. The molecule has 102 valence electrons. The lowest BCUT2D eigenvalue weighted by atomic mass is 9.83. The molecule has 0 unspecified atom stereocenters. The third-order valence-corrected chi connectivity index (χ3v) is 3.94. The number of nitrogens with zero attached hydrogens (tertiary/aromatic N) is 2. The van der Waals surface area contributed by atoms with E-state index < -0.39 is 0 Å². The van der Waals surface area contributed by atoms with Crippen LogP contribution in [0.5, 0.6) is 0 Å². The summed E-state index contributed by atoms with van der Waals surface area (Å²) < 4.78 is 7.22. The Bertz CT molecular complexity index is 343. The maximum atomic E-state index is 5.10. The second kappa shape index (κ2) is 6.78. The number of ether oxygens (including phenoxy) is 1. The van der Waals surface area contributed by atoms with Gasteiger partial charge in [0.15, 0.2) is 0 Å². The number of anilines is 1. The topological polar surface area (TPSA) is 39.1 Å². The van der Waals surface area contributed by atoms with E-state index in [2.05, 4.69) is 21.8 Å². The van der Waals surface area contributed by atoms with E-state index in [1.807, 2.05) is 12.4 Å². The molecule has 1 N–H and O–H groups in total. The third-order valence-electron chi connectivity index (χ3n) is 3.94. The number of imidazole rings is 1. The van der Waals surface area contributed by atoms with Gasteiger partial charge in [-0.3, -0.25) is 0 Å². The van der Waals surface area contributed by atoms with Crippen molar-refractivity contribution in [2.75, 3.05) is 25.6 Å². The summed E-state index contributed by atoms with van der Waals surface area (Å²) in [4.78, 5) is 4.36. The van der Waals surface area contributed by atoms with Crippen molar-refractivity contribution in [1.29, 1.82) is 0 Å². The van der Waals surface area contributed by atoms with E-state index in [0.29, 0.717) is 0 Å². The second-order valence-corrected chi connectivity index (χ2v) is 5.44. The molecule has 0 aliphatic heterocycles. The quantitative estimate of drug-likeness (QED) is 0.845. The van der Waals surface area contributed by atoms with Gasteiger partial charge in [-0.2, -0.15) is 0 Å². The SMILES string of the molecule is COCCn1ccnc1NCC1CCC(C)CC1. The monoisotopic (exact) mass is 251 g/mol. The third kappa shape index (κ3) is 3.73. The average Bonchev–Trinajstić information content (AvgIpc) is 2.83. The fourth-order valence-electron chi connectivity index (χ4n) is 2.62. The summed E-state index contributed by atoms with van der Waals surface area (Å²) in [5.41, 5.74) is 0. The summed E-state index contributed by atoms with van der Waals surface area (Å²) in [7, 11) is 1.73. The van der Waals surface area contributed by atoms with Gasteiger partial charge in [-0.05, 0) is 24.7 Å². The first kappa shape index (κ1) is 13.4. The molecule has 0 atom stereocenters. The zero-order chi connectivity index (χ0) is 12.8. The largest absolute Gasteiger partial charge is 0.383 e. The maximum Gasteiger partial charge on any atom is 0.202 e. The lowest BCUT2D eigenvalue weighted by Gasteiger charge is -2.26. The van der Waals surface area contributed by atoms with Crippen LogP contribution in [0.2, 0.25) is 0 Å². The van der Waals surface area contributed by atoms with Gasteiger partial charge in [0.25, 0.3) is 0 Å². The maximum absolute atomic E-state index is 5.10. The molecule has 1 saturated carbocycles. The number of rotatable bonds is 6. The van der Waals surface area contributed by atoms with Gasteiger partial charge in [0.2, 0.25) is 5.95 Å². The van der Waals surface area contributed by atoms with Gasteiger partial charge in [0, 0.05) is 32.6 Å². The molecule has 0 radical (unpaired) electrons. The molecule has 1 fully saturated rings. The Morgan fingerprint density at radius 3 is 2.89 bits per heavy atom. The van der Waals surface area contributed by atoms with E-state index in [0.717, 1.165) is 37.5 Å². The van der Waals surface area contributed by atoms with Crippen molar-refractivity contribution in [2.24, 2.45) is 11.8 Å². The molecule has 4 heteroatoms. The van der Waals surface area contributed by atoms with E-state index in [9.17, 15) is 0 Å². The van der Waals surface area contributed by atoms with Crippen LogP contribution in [-0.4, -0.2) is 29.8 Å². The first-order valence-corrected chi connectivity index (χ1v) is 7.03. The minimum Gasteiger partial charge on any atom is -0.383 e. The molecule has 0 bridgehead atoms. The number of hydrogen-bond acceptors (Lipinski definition) is 3. The fourth-order valence-corrected chi connectivity index (χ4v) is 2.62. The molecule has 18 heavy (non-hydrogen) atoms. The lowest BCUT2D eigenvalue weighted by molar-refractivity contribution is 0.187. The van der Waals surface area contributed by atoms with Gasteiger partial charge < -0.3 is 14.6 Å². The number of methoxy groups -OCH3 is 1. The van der Waals surface area contributed by atoms with Crippen LogP contribution in [-0.2, 0) is 11.3 Å². The highest BCUT2D eigenvalue weighted by Gasteiger charge is 2.18. The van der Waals surface area contributed by atoms with Crippen LogP contribution in [0.15, 0.2) is 12.4 Å². The van der Waals surface area contributed by atoms with Crippen molar-refractivity contribution in [2.45, 2.75) is 39.2 Å². The van der Waals surface area contributed by atoms with Gasteiger partial charge in [-0.1, -0.05) is 19.8 Å². The molecule has 0 aromatic carbocycles. The molecule has 0 amide bonds. The van der Waals surface area contributed by atoms with Crippen molar-refractivity contribution in [1.82, 2.24) is 9.55 Å². The molecular formula is C14H25N3O. The predicted octanol–water partition coefficient (Wildman–Crippen LogP) is 2.77. The van der Waals surface area contributed by atoms with E-state index in [4.69, 9.17) is 4.74 Å². The molecule has 4 nitrogen and oxygen atoms in total. The van der Waals surface area contributed by atoms with E-state index in [-0.39, 0.29) is 0 Å². The Labute approximate surface area is 110 Å². The summed E-state index contributed by atoms with van der Waals surface area (Å²) in [6, 6.07) is 0. The number of aromatic nitrogens is 2. The molecule has 1 heterocycles. The summed E-state index contributed by atoms with van der Waals surface area (Å²) in [5, 5.41) is 3.48. The van der Waals surface area contributed by atoms with Gasteiger partial charge in [-0.15, -0.1) is 0 Å². The van der Waals surface area contributed by atoms with Crippen LogP contribution in [0.25, 0.3) is 0 Å². The zero-order valence-corrected chi connectivity index (χ0v) is 11.6. The van der Waals surface area contributed by atoms with Gasteiger partial charge >= 0.3 is 0 Å². The van der Waals surface area contributed by atoms with Crippen LogP contribution >= 0.6 is 0 Å². The molecule has 0 saturated heterocycles. The van der Waals surface area contributed by atoms with Crippen molar-refractivity contribution in [3.8, 4) is 0 Å². The van der Waals surface area contributed by atoms with Crippen molar-refractivity contribution in [3.63, 3.8) is 0 Å². The highest BCUT2D eigenvalue weighted by Crippen LogP contribution is 2.28. The smallest absolute Gasteiger partial charge is 0.202 e. The number of hydrogen-bond donors (Lipinski definition) is 1. The predicted molar refractivity (Wildman–Crippen MR) is 73.7 cm³/mol. The Morgan fingerprint density at radius 1 is 1.39 bits per heavy atom. The van der Waals surface area contributed by atoms with Gasteiger partial charge in [0.05, 0.1) is 6.61 Å². The molecule has 1 aromatic rings. The summed E-state index contributed by atoms with van der Waals surface area (Å²) >= 11 is 0. The zero-order valence-electron chi connectivity index (χ0n) is 11.6. The van der Waals surface area contributed by atoms with Crippen LogP contribution in [0.4, 0.5) is 5.95 Å². The lowest BCUT2D eigenvalue weighted by Crippen LogP contribution is -2.21. The molecule has 1 aliphatic rings. The Balaban J connectivity index is 1.77. The van der Waals surface area contributed by atoms with Gasteiger partial charge in [0.1, 0.15) is 0 Å². The van der Waals surface area contributed by atoms with E-state index in [1.54, 1.807) is 7.11 Å². The van der Waals surface area contributed by atoms with Crippen molar-refractivity contribution in [3.05, 3.63) is 12.4 Å². The standard InChI is InChI=1S/C14H25N3O/c1-12-3-5-13(6-4-12)11-16-14-15-7-8-17(14)9-10-18-2/h7-8,12-13H,3-6,9-11H2,1-2H3,(H,15,16). The minimum absolute atomic E-state index is 0.728. The molecular weight excluding hydrogens is 226 g/mol. The first-order chi connectivity index (χ1) is 8.79. The Hall–Kier alpha value is -1.03. The van der Waals surface area contributed by atoms with Gasteiger partial charge in [-0.25, -0.2) is 4.98 Å². The summed E-state index contributed by atoms with van der Waals surface area (Å²) in [5.74, 6) is 2.71. The molecule has 1 aromatic heterocycles. The molecule has 0 spiro atoms. The molecule has 1 aliphatic carbocycles. The van der Waals surface area contributed by atoms with Crippen LogP contribution in [0.3, 0.4) is 0 Å². The van der Waals surface area contributed by atoms with E-state index >= 15 is 0 Å². The second-order valence-electron chi connectivity index (χ2n) is 5.44. The van der Waals surface area contributed by atoms with Crippen LogP contribution in [0.1, 0.15) is 32.6 Å². The summed E-state index contributed by atoms with van der Waals surface area (Å²) in [6.45, 7) is 5.00. The van der Waals surface area contributed by atoms with Crippen molar-refractivity contribution < 1.29 is 4.74 Å². The Morgan fingerprint density at radius 2 is 2.17 bits per heavy atom. The average molecular weight is 251 g/mol.